The zero-order valence-corrected chi connectivity index (χ0v) is 14.5. The van der Waals surface area contributed by atoms with Crippen LogP contribution in [0.2, 0.25) is 0 Å². The van der Waals surface area contributed by atoms with Gasteiger partial charge in [-0.05, 0) is 31.2 Å². The van der Waals surface area contributed by atoms with E-state index in [4.69, 9.17) is 0 Å². The average molecular weight is 293 g/mol. The van der Waals surface area contributed by atoms with E-state index in [-0.39, 0.29) is 35.7 Å². The standard InChI is InChI=1S/C15H32N2O.ClH/c1-11(2)8-9-13(15(4,5)6)17-14(18)12(3)10-16-7;/h11-13,16H,8-10H2,1-7H3,(H,17,18);1H. The number of rotatable bonds is 7. The molecule has 0 aliphatic carbocycles. The first-order valence-electron chi connectivity index (χ1n) is 7.13. The summed E-state index contributed by atoms with van der Waals surface area (Å²) in [4.78, 5) is 12.1. The SMILES string of the molecule is CNCC(C)C(=O)NC(CCC(C)C)C(C)(C)C.Cl. The van der Waals surface area contributed by atoms with Crippen molar-refractivity contribution in [2.45, 2.75) is 60.4 Å². The van der Waals surface area contributed by atoms with Crippen LogP contribution in [0.3, 0.4) is 0 Å². The third-order valence-corrected chi connectivity index (χ3v) is 3.35. The fourth-order valence-corrected chi connectivity index (χ4v) is 1.93. The average Bonchev–Trinajstić information content (AvgIpc) is 2.22. The number of nitrogens with one attached hydrogen (secondary N) is 2. The summed E-state index contributed by atoms with van der Waals surface area (Å²) in [6.07, 6.45) is 2.21. The molecule has 0 rings (SSSR count). The number of carbonyl (C=O) groups excluding carboxylic acids is 1. The van der Waals surface area contributed by atoms with Crippen molar-refractivity contribution in [1.82, 2.24) is 10.6 Å². The van der Waals surface area contributed by atoms with Crippen LogP contribution in [0.15, 0.2) is 0 Å². The quantitative estimate of drug-likeness (QED) is 0.756. The fraction of sp³-hybridized carbons (Fsp3) is 0.933. The lowest BCUT2D eigenvalue weighted by molar-refractivity contribution is -0.126. The van der Waals surface area contributed by atoms with Gasteiger partial charge in [-0.25, -0.2) is 0 Å². The molecule has 19 heavy (non-hydrogen) atoms. The molecule has 0 aliphatic heterocycles. The van der Waals surface area contributed by atoms with Crippen LogP contribution >= 0.6 is 12.4 Å². The third kappa shape index (κ3) is 9.28. The van der Waals surface area contributed by atoms with Gasteiger partial charge >= 0.3 is 0 Å². The minimum absolute atomic E-state index is 0. The summed E-state index contributed by atoms with van der Waals surface area (Å²) in [5, 5.41) is 6.27. The Labute approximate surface area is 125 Å². The van der Waals surface area contributed by atoms with Gasteiger partial charge in [0.15, 0.2) is 0 Å². The van der Waals surface area contributed by atoms with E-state index in [2.05, 4.69) is 45.3 Å². The van der Waals surface area contributed by atoms with Crippen molar-refractivity contribution in [1.29, 1.82) is 0 Å². The number of amides is 1. The molecule has 2 N–H and O–H groups in total. The molecule has 0 radical (unpaired) electrons. The Kier molecular flexibility index (Phi) is 10.6. The van der Waals surface area contributed by atoms with Crippen molar-refractivity contribution < 1.29 is 4.79 Å². The number of hydrogen-bond donors (Lipinski definition) is 2. The summed E-state index contributed by atoms with van der Waals surface area (Å²) in [7, 11) is 1.88. The first kappa shape index (κ1) is 21.0. The molecule has 2 atom stereocenters. The Morgan fingerprint density at radius 3 is 2.00 bits per heavy atom. The van der Waals surface area contributed by atoms with Crippen molar-refractivity contribution in [3.8, 4) is 0 Å². The van der Waals surface area contributed by atoms with Crippen LogP contribution in [-0.4, -0.2) is 25.5 Å². The summed E-state index contributed by atoms with van der Waals surface area (Å²) < 4.78 is 0. The second-order valence-electron chi connectivity index (χ2n) is 6.86. The Morgan fingerprint density at radius 2 is 1.63 bits per heavy atom. The summed E-state index contributed by atoms with van der Waals surface area (Å²) in [5.74, 6) is 0.869. The Hall–Kier alpha value is -0.280. The lowest BCUT2D eigenvalue weighted by Gasteiger charge is -2.33. The first-order chi connectivity index (χ1) is 8.18. The molecule has 0 saturated heterocycles. The highest BCUT2D eigenvalue weighted by atomic mass is 35.5. The molecule has 0 saturated carbocycles. The predicted octanol–water partition coefficient (Wildman–Crippen LogP) is 3.23. The van der Waals surface area contributed by atoms with Gasteiger partial charge < -0.3 is 10.6 Å². The number of hydrogen-bond acceptors (Lipinski definition) is 2. The molecule has 0 aliphatic rings. The second kappa shape index (κ2) is 9.60. The number of halogens is 1. The molecule has 3 nitrogen and oxygen atoms in total. The van der Waals surface area contributed by atoms with Crippen LogP contribution in [0.5, 0.6) is 0 Å². The van der Waals surface area contributed by atoms with Crippen LogP contribution < -0.4 is 10.6 Å². The largest absolute Gasteiger partial charge is 0.353 e. The van der Waals surface area contributed by atoms with Crippen LogP contribution in [0, 0.1) is 17.3 Å². The minimum atomic E-state index is 0. The van der Waals surface area contributed by atoms with Gasteiger partial charge in [0.05, 0.1) is 0 Å². The summed E-state index contributed by atoms with van der Waals surface area (Å²) in [6, 6.07) is 0.256. The summed E-state index contributed by atoms with van der Waals surface area (Å²) >= 11 is 0. The zero-order valence-electron chi connectivity index (χ0n) is 13.7. The van der Waals surface area contributed by atoms with Gasteiger partial charge in [0.25, 0.3) is 0 Å². The second-order valence-corrected chi connectivity index (χ2v) is 6.86. The molecule has 0 fully saturated rings. The monoisotopic (exact) mass is 292 g/mol. The molecule has 116 valence electrons. The van der Waals surface area contributed by atoms with Crippen molar-refractivity contribution in [3.63, 3.8) is 0 Å². The van der Waals surface area contributed by atoms with Gasteiger partial charge in [0.1, 0.15) is 0 Å². The van der Waals surface area contributed by atoms with E-state index in [1.54, 1.807) is 0 Å². The van der Waals surface area contributed by atoms with Gasteiger partial charge in [-0.1, -0.05) is 41.5 Å². The van der Waals surface area contributed by atoms with E-state index in [9.17, 15) is 4.79 Å². The lowest BCUT2D eigenvalue weighted by Crippen LogP contribution is -2.47. The molecule has 1 amide bonds. The highest BCUT2D eigenvalue weighted by Crippen LogP contribution is 2.24. The van der Waals surface area contributed by atoms with Crippen LogP contribution in [0.1, 0.15) is 54.4 Å². The normalized spacial score (nSPS) is 14.7. The third-order valence-electron chi connectivity index (χ3n) is 3.35. The van der Waals surface area contributed by atoms with Gasteiger partial charge in [-0.15, -0.1) is 12.4 Å². The lowest BCUT2D eigenvalue weighted by atomic mass is 9.82. The molecular weight excluding hydrogens is 260 g/mol. The molecule has 0 spiro atoms. The van der Waals surface area contributed by atoms with E-state index in [0.29, 0.717) is 5.92 Å². The van der Waals surface area contributed by atoms with Crippen LogP contribution in [0.25, 0.3) is 0 Å². The van der Waals surface area contributed by atoms with Crippen LogP contribution in [0.4, 0.5) is 0 Å². The van der Waals surface area contributed by atoms with E-state index < -0.39 is 0 Å². The zero-order chi connectivity index (χ0) is 14.3. The maximum Gasteiger partial charge on any atom is 0.224 e. The predicted molar refractivity (Wildman–Crippen MR) is 85.8 cm³/mol. The maximum absolute atomic E-state index is 12.1. The fourth-order valence-electron chi connectivity index (χ4n) is 1.93. The van der Waals surface area contributed by atoms with Crippen LogP contribution in [-0.2, 0) is 4.79 Å². The smallest absolute Gasteiger partial charge is 0.224 e. The summed E-state index contributed by atoms with van der Waals surface area (Å²) in [6.45, 7) is 13.7. The highest BCUT2D eigenvalue weighted by molar-refractivity contribution is 5.85. The molecule has 0 aromatic carbocycles. The Bertz CT molecular complexity index is 249. The summed E-state index contributed by atoms with van der Waals surface area (Å²) in [5.41, 5.74) is 0.115. The van der Waals surface area contributed by atoms with E-state index in [0.717, 1.165) is 19.4 Å². The Balaban J connectivity index is 0. The molecule has 2 unspecified atom stereocenters. The van der Waals surface area contributed by atoms with E-state index in [1.807, 2.05) is 14.0 Å². The van der Waals surface area contributed by atoms with Gasteiger partial charge in [0.2, 0.25) is 5.91 Å². The van der Waals surface area contributed by atoms with Gasteiger partial charge in [-0.2, -0.15) is 0 Å². The Morgan fingerprint density at radius 1 is 1.11 bits per heavy atom. The maximum atomic E-state index is 12.1. The molecular formula is C15H33ClN2O. The molecule has 0 aromatic rings. The van der Waals surface area contributed by atoms with E-state index >= 15 is 0 Å². The topological polar surface area (TPSA) is 41.1 Å². The van der Waals surface area contributed by atoms with Gasteiger partial charge in [0, 0.05) is 18.5 Å². The molecule has 4 heteroatoms. The molecule has 0 bridgehead atoms. The van der Waals surface area contributed by atoms with Crippen molar-refractivity contribution in [2.24, 2.45) is 17.3 Å². The van der Waals surface area contributed by atoms with E-state index in [1.165, 1.54) is 0 Å². The highest BCUT2D eigenvalue weighted by Gasteiger charge is 2.27. The minimum Gasteiger partial charge on any atom is -0.353 e. The van der Waals surface area contributed by atoms with Crippen molar-refractivity contribution in [2.75, 3.05) is 13.6 Å². The van der Waals surface area contributed by atoms with Gasteiger partial charge in [-0.3, -0.25) is 4.79 Å². The van der Waals surface area contributed by atoms with Crippen molar-refractivity contribution in [3.05, 3.63) is 0 Å². The molecule has 0 aromatic heterocycles. The van der Waals surface area contributed by atoms with Crippen molar-refractivity contribution >= 4 is 18.3 Å². The number of carbonyl (C=O) groups is 1. The first-order valence-corrected chi connectivity index (χ1v) is 7.13. The molecule has 0 heterocycles.